The predicted molar refractivity (Wildman–Crippen MR) is 82.2 cm³/mol. The zero-order valence-electron chi connectivity index (χ0n) is 10.5. The molecule has 3 N–H and O–H groups in total. The van der Waals surface area contributed by atoms with Gasteiger partial charge < -0.3 is 10.4 Å². The van der Waals surface area contributed by atoms with Crippen molar-refractivity contribution in [2.45, 2.75) is 0 Å². The van der Waals surface area contributed by atoms with Gasteiger partial charge in [-0.1, -0.05) is 41.4 Å². The molecule has 0 saturated heterocycles. The fraction of sp³-hybridized carbons (Fsp3) is 0. The number of aromatic amines is 1. The van der Waals surface area contributed by atoms with Crippen molar-refractivity contribution in [3.05, 3.63) is 52.1 Å². The number of rotatable bonds is 2. The summed E-state index contributed by atoms with van der Waals surface area (Å²) in [4.78, 5) is 12.3. The largest absolute Gasteiger partial charge is 0.504 e. The average molecular weight is 322 g/mol. The van der Waals surface area contributed by atoms with Crippen molar-refractivity contribution in [3.8, 4) is 5.75 Å². The number of phenolic OH excluding ortho intramolecular Hbond substituents is 1. The van der Waals surface area contributed by atoms with Crippen LogP contribution in [-0.2, 0) is 0 Å². The summed E-state index contributed by atoms with van der Waals surface area (Å²) in [5, 5.41) is 20.2. The molecular formula is C14H9Cl2N3O2. The van der Waals surface area contributed by atoms with Crippen LogP contribution in [0.5, 0.6) is 5.75 Å². The Hall–Kier alpha value is -2.24. The Morgan fingerprint density at radius 1 is 1.24 bits per heavy atom. The number of carbonyl (C=O) groups excluding carboxylic acids is 1. The SMILES string of the molecule is O=C(Nc1cc(Cl)cc(Cl)c1O)c1n[nH]c2ccccc12. The Balaban J connectivity index is 1.97. The molecule has 0 atom stereocenters. The van der Waals surface area contributed by atoms with Gasteiger partial charge in [0.25, 0.3) is 5.91 Å². The van der Waals surface area contributed by atoms with Gasteiger partial charge in [-0.25, -0.2) is 0 Å². The molecule has 21 heavy (non-hydrogen) atoms. The summed E-state index contributed by atoms with van der Waals surface area (Å²) in [6, 6.07) is 10.0. The van der Waals surface area contributed by atoms with Crippen molar-refractivity contribution in [2.24, 2.45) is 0 Å². The highest BCUT2D eigenvalue weighted by molar-refractivity contribution is 6.36. The molecule has 3 aromatic rings. The highest BCUT2D eigenvalue weighted by Crippen LogP contribution is 2.35. The minimum absolute atomic E-state index is 0.0599. The summed E-state index contributed by atoms with van der Waals surface area (Å²) in [6.07, 6.45) is 0. The summed E-state index contributed by atoms with van der Waals surface area (Å²) in [7, 11) is 0. The van der Waals surface area contributed by atoms with E-state index in [1.807, 2.05) is 18.2 Å². The van der Waals surface area contributed by atoms with E-state index in [9.17, 15) is 9.90 Å². The number of nitrogens with zero attached hydrogens (tertiary/aromatic N) is 1. The van der Waals surface area contributed by atoms with Crippen LogP contribution in [0.1, 0.15) is 10.5 Å². The molecule has 3 rings (SSSR count). The fourth-order valence-electron chi connectivity index (χ4n) is 1.98. The second kappa shape index (κ2) is 5.27. The van der Waals surface area contributed by atoms with Gasteiger partial charge in [-0.05, 0) is 18.2 Å². The number of hydrogen-bond donors (Lipinski definition) is 3. The second-order valence-corrected chi connectivity index (χ2v) is 5.20. The normalized spacial score (nSPS) is 10.8. The molecule has 0 aliphatic heterocycles. The van der Waals surface area contributed by atoms with Crippen LogP contribution >= 0.6 is 23.2 Å². The van der Waals surface area contributed by atoms with Gasteiger partial charge in [-0.2, -0.15) is 5.10 Å². The minimum Gasteiger partial charge on any atom is -0.504 e. The Labute approximate surface area is 129 Å². The van der Waals surface area contributed by atoms with Crippen molar-refractivity contribution in [3.63, 3.8) is 0 Å². The van der Waals surface area contributed by atoms with E-state index in [-0.39, 0.29) is 22.2 Å². The lowest BCUT2D eigenvalue weighted by Gasteiger charge is -2.08. The van der Waals surface area contributed by atoms with E-state index in [1.165, 1.54) is 12.1 Å². The van der Waals surface area contributed by atoms with Crippen LogP contribution in [0.15, 0.2) is 36.4 Å². The maximum Gasteiger partial charge on any atom is 0.276 e. The van der Waals surface area contributed by atoms with E-state index in [1.54, 1.807) is 6.07 Å². The van der Waals surface area contributed by atoms with E-state index < -0.39 is 5.91 Å². The molecule has 2 aromatic carbocycles. The van der Waals surface area contributed by atoms with Gasteiger partial charge in [0.2, 0.25) is 0 Å². The van der Waals surface area contributed by atoms with Gasteiger partial charge in [0.05, 0.1) is 16.2 Å². The van der Waals surface area contributed by atoms with Crippen molar-refractivity contribution >= 4 is 45.7 Å². The van der Waals surface area contributed by atoms with E-state index in [0.717, 1.165) is 5.52 Å². The summed E-state index contributed by atoms with van der Waals surface area (Å²) in [5.74, 6) is -0.713. The fourth-order valence-corrected chi connectivity index (χ4v) is 2.47. The van der Waals surface area contributed by atoms with Crippen molar-refractivity contribution in [1.29, 1.82) is 0 Å². The number of phenols is 1. The number of carbonyl (C=O) groups is 1. The van der Waals surface area contributed by atoms with E-state index in [2.05, 4.69) is 15.5 Å². The van der Waals surface area contributed by atoms with Crippen LogP contribution in [0.2, 0.25) is 10.0 Å². The molecule has 1 aromatic heterocycles. The monoisotopic (exact) mass is 321 g/mol. The van der Waals surface area contributed by atoms with Gasteiger partial charge in [0.15, 0.2) is 11.4 Å². The molecule has 5 nitrogen and oxygen atoms in total. The minimum atomic E-state index is -0.471. The summed E-state index contributed by atoms with van der Waals surface area (Å²) < 4.78 is 0. The first-order valence-corrected chi connectivity index (χ1v) is 6.74. The average Bonchev–Trinajstić information content (AvgIpc) is 2.88. The maximum atomic E-state index is 12.3. The molecule has 1 heterocycles. The molecule has 7 heteroatoms. The number of nitrogens with one attached hydrogen (secondary N) is 2. The number of anilines is 1. The summed E-state index contributed by atoms with van der Waals surface area (Å²) in [5.41, 5.74) is 1.10. The first-order valence-electron chi connectivity index (χ1n) is 5.98. The van der Waals surface area contributed by atoms with Gasteiger partial charge in [0, 0.05) is 10.4 Å². The molecule has 0 fully saturated rings. The lowest BCUT2D eigenvalue weighted by Crippen LogP contribution is -2.13. The number of aromatic nitrogens is 2. The Morgan fingerprint density at radius 3 is 2.81 bits per heavy atom. The summed E-state index contributed by atoms with van der Waals surface area (Å²) in [6.45, 7) is 0. The Bertz CT molecular complexity index is 845. The first kappa shape index (κ1) is 13.7. The number of aromatic hydroxyl groups is 1. The zero-order valence-corrected chi connectivity index (χ0v) is 12.0. The standard InChI is InChI=1S/C14H9Cl2N3O2/c15-7-5-9(16)13(20)11(6-7)17-14(21)12-8-3-1-2-4-10(8)18-19-12/h1-6,20H,(H,17,21)(H,18,19). The van der Waals surface area contributed by atoms with E-state index in [0.29, 0.717) is 10.4 Å². The molecule has 0 radical (unpaired) electrons. The van der Waals surface area contributed by atoms with Crippen LogP contribution in [-0.4, -0.2) is 21.2 Å². The molecule has 0 aliphatic carbocycles. The highest BCUT2D eigenvalue weighted by Gasteiger charge is 2.16. The van der Waals surface area contributed by atoms with Crippen LogP contribution in [0.4, 0.5) is 5.69 Å². The van der Waals surface area contributed by atoms with Crippen molar-refractivity contribution in [2.75, 3.05) is 5.32 Å². The number of benzene rings is 2. The smallest absolute Gasteiger partial charge is 0.276 e. The third-order valence-corrected chi connectivity index (χ3v) is 3.47. The molecule has 106 valence electrons. The number of halogens is 2. The molecule has 0 bridgehead atoms. The highest BCUT2D eigenvalue weighted by atomic mass is 35.5. The number of para-hydroxylation sites is 1. The van der Waals surface area contributed by atoms with Crippen LogP contribution in [0.25, 0.3) is 10.9 Å². The predicted octanol–water partition coefficient (Wildman–Crippen LogP) is 3.83. The van der Waals surface area contributed by atoms with E-state index >= 15 is 0 Å². The van der Waals surface area contributed by atoms with Crippen molar-refractivity contribution < 1.29 is 9.90 Å². The van der Waals surface area contributed by atoms with Crippen LogP contribution in [0, 0.1) is 0 Å². The molecule has 0 saturated carbocycles. The third kappa shape index (κ3) is 2.53. The molecule has 0 spiro atoms. The number of amides is 1. The molecule has 1 amide bonds. The third-order valence-electron chi connectivity index (χ3n) is 2.96. The summed E-state index contributed by atoms with van der Waals surface area (Å²) >= 11 is 11.7. The van der Waals surface area contributed by atoms with Gasteiger partial charge in [-0.15, -0.1) is 0 Å². The first-order chi connectivity index (χ1) is 10.1. The van der Waals surface area contributed by atoms with Crippen LogP contribution in [0.3, 0.4) is 0 Å². The Morgan fingerprint density at radius 2 is 2.00 bits per heavy atom. The lowest BCUT2D eigenvalue weighted by atomic mass is 10.2. The van der Waals surface area contributed by atoms with Gasteiger partial charge in [-0.3, -0.25) is 9.89 Å². The molecular weight excluding hydrogens is 313 g/mol. The maximum absolute atomic E-state index is 12.3. The second-order valence-electron chi connectivity index (χ2n) is 4.36. The Kier molecular flexibility index (Phi) is 3.45. The van der Waals surface area contributed by atoms with Crippen LogP contribution < -0.4 is 5.32 Å². The number of fused-ring (bicyclic) bond motifs is 1. The molecule has 0 unspecified atom stereocenters. The zero-order chi connectivity index (χ0) is 15.0. The quantitative estimate of drug-likeness (QED) is 0.628. The number of H-pyrrole nitrogens is 1. The van der Waals surface area contributed by atoms with Gasteiger partial charge in [0.1, 0.15) is 0 Å². The van der Waals surface area contributed by atoms with Crippen molar-refractivity contribution in [1.82, 2.24) is 10.2 Å². The van der Waals surface area contributed by atoms with Gasteiger partial charge >= 0.3 is 0 Å². The number of hydrogen-bond acceptors (Lipinski definition) is 3. The topological polar surface area (TPSA) is 78.0 Å². The van der Waals surface area contributed by atoms with E-state index in [4.69, 9.17) is 23.2 Å². The lowest BCUT2D eigenvalue weighted by molar-refractivity contribution is 0.102. The molecule has 0 aliphatic rings.